The number of aliphatic imine (C=N–C) groups is 1. The zero-order valence-electron chi connectivity index (χ0n) is 22.5. The van der Waals surface area contributed by atoms with Gasteiger partial charge < -0.3 is 20.8 Å². The third kappa shape index (κ3) is 5.91. The van der Waals surface area contributed by atoms with Crippen molar-refractivity contribution in [1.82, 2.24) is 10.3 Å². The first-order chi connectivity index (χ1) is 19.4. The molecule has 0 amide bonds. The van der Waals surface area contributed by atoms with E-state index in [0.29, 0.717) is 12.0 Å². The maximum absolute atomic E-state index is 11.3. The topological polar surface area (TPSA) is 89.8 Å². The number of aromatic hydroxyl groups is 1. The summed E-state index contributed by atoms with van der Waals surface area (Å²) >= 11 is 12.5. The zero-order chi connectivity index (χ0) is 27.8. The average molecular weight is 578 g/mol. The monoisotopic (exact) mass is 576 g/mol. The summed E-state index contributed by atoms with van der Waals surface area (Å²) in [6, 6.07) is 9.73. The number of pyridine rings is 1. The quantitative estimate of drug-likeness (QED) is 0.245. The Morgan fingerprint density at radius 1 is 1.05 bits per heavy atom. The van der Waals surface area contributed by atoms with Gasteiger partial charge in [0.15, 0.2) is 5.75 Å². The highest BCUT2D eigenvalue weighted by molar-refractivity contribution is 6.37. The molecule has 2 heterocycles. The Morgan fingerprint density at radius 3 is 2.58 bits per heavy atom. The summed E-state index contributed by atoms with van der Waals surface area (Å²) in [5.74, 6) is 0.481. The first kappa shape index (κ1) is 27.3. The molecule has 2 fully saturated rings. The maximum atomic E-state index is 11.3. The smallest absolute Gasteiger partial charge is 0.152 e. The number of phenols is 1. The first-order valence-electron chi connectivity index (χ1n) is 14.1. The molecule has 4 N–H and O–H groups in total. The van der Waals surface area contributed by atoms with Gasteiger partial charge >= 0.3 is 0 Å². The van der Waals surface area contributed by atoms with E-state index in [1.165, 1.54) is 0 Å². The van der Waals surface area contributed by atoms with Crippen molar-refractivity contribution < 1.29 is 10.2 Å². The van der Waals surface area contributed by atoms with Crippen LogP contribution in [0.15, 0.2) is 65.4 Å². The number of fused-ring (bicyclic) bond motifs is 1. The Labute approximate surface area is 244 Å². The molecule has 208 valence electrons. The number of nitrogens with zero attached hydrogens (tertiary/aromatic N) is 2. The lowest BCUT2D eigenvalue weighted by Crippen LogP contribution is -2.14. The highest BCUT2D eigenvalue weighted by atomic mass is 35.5. The fourth-order valence-corrected chi connectivity index (χ4v) is 6.05. The zero-order valence-corrected chi connectivity index (χ0v) is 24.0. The Kier molecular flexibility index (Phi) is 7.87. The number of aliphatic hydroxyl groups excluding tert-OH is 1. The predicted octanol–water partition coefficient (Wildman–Crippen LogP) is 7.44. The van der Waals surface area contributed by atoms with Crippen LogP contribution in [0.4, 0.5) is 5.69 Å². The summed E-state index contributed by atoms with van der Waals surface area (Å²) in [6.07, 6.45) is 12.8. The molecule has 1 aromatic heterocycles. The lowest BCUT2D eigenvalue weighted by Gasteiger charge is -2.21. The summed E-state index contributed by atoms with van der Waals surface area (Å²) in [4.78, 5) is 9.74. The normalized spacial score (nSPS) is 24.0. The number of nitrogens with one attached hydrogen (secondary N) is 2. The average Bonchev–Trinajstić information content (AvgIpc) is 3.67. The second-order valence-electron chi connectivity index (χ2n) is 11.3. The van der Waals surface area contributed by atoms with E-state index in [0.717, 1.165) is 89.9 Å². The lowest BCUT2D eigenvalue weighted by molar-refractivity contribution is 0.154. The summed E-state index contributed by atoms with van der Waals surface area (Å²) in [5, 5.41) is 29.7. The standard InChI is InChI=1S/C32H34Cl2N4O2/c1-18-2-6-22(37-24-10-11-35-16-24)7-8-23(12-18)38-30-25-13-20(21-14-27(33)32(40)28(34)15-21)5-9-29(25)36-17-26(30)31(39)19-3-4-19/h5,7-9,12-15,17-19,24,31,35,39-40H,2-4,6,10-11,16H2,1H3,(H,36,38)/b8-7-,23-12?,37-22?. The molecular formula is C32H34Cl2N4O2. The molecule has 0 spiro atoms. The largest absolute Gasteiger partial charge is 0.505 e. The number of rotatable bonds is 6. The van der Waals surface area contributed by atoms with Crippen LogP contribution in [0.25, 0.3) is 22.0 Å². The van der Waals surface area contributed by atoms with Crippen molar-refractivity contribution in [2.24, 2.45) is 16.8 Å². The van der Waals surface area contributed by atoms with Gasteiger partial charge in [-0.15, -0.1) is 0 Å². The first-order valence-corrected chi connectivity index (χ1v) is 14.8. The minimum absolute atomic E-state index is 0.129. The van der Waals surface area contributed by atoms with Crippen LogP contribution >= 0.6 is 23.2 Å². The van der Waals surface area contributed by atoms with Crippen molar-refractivity contribution in [1.29, 1.82) is 0 Å². The van der Waals surface area contributed by atoms with Crippen LogP contribution in [0.2, 0.25) is 10.0 Å². The second kappa shape index (κ2) is 11.5. The number of aliphatic hydroxyl groups is 1. The molecule has 40 heavy (non-hydrogen) atoms. The van der Waals surface area contributed by atoms with Crippen LogP contribution in [0.3, 0.4) is 0 Å². The van der Waals surface area contributed by atoms with E-state index in [-0.39, 0.29) is 21.7 Å². The Bertz CT molecular complexity index is 1500. The van der Waals surface area contributed by atoms with Gasteiger partial charge in [-0.3, -0.25) is 9.98 Å². The molecule has 6 nitrogen and oxygen atoms in total. The Morgan fingerprint density at radius 2 is 1.85 bits per heavy atom. The number of aromatic nitrogens is 1. The molecule has 8 heteroatoms. The number of benzene rings is 2. The third-order valence-corrected chi connectivity index (χ3v) is 8.64. The van der Waals surface area contributed by atoms with Gasteiger partial charge in [0, 0.05) is 35.1 Å². The molecule has 3 aromatic rings. The summed E-state index contributed by atoms with van der Waals surface area (Å²) in [7, 11) is 0. The number of hydrogen-bond donors (Lipinski definition) is 4. The molecule has 6 rings (SSSR count). The van der Waals surface area contributed by atoms with Crippen molar-refractivity contribution in [2.45, 2.75) is 51.2 Å². The molecular weight excluding hydrogens is 543 g/mol. The van der Waals surface area contributed by atoms with E-state index in [1.54, 1.807) is 18.3 Å². The summed E-state index contributed by atoms with van der Waals surface area (Å²) in [5.41, 5.74) is 6.24. The van der Waals surface area contributed by atoms with Gasteiger partial charge in [0.05, 0.1) is 33.4 Å². The van der Waals surface area contributed by atoms with Gasteiger partial charge in [0.25, 0.3) is 0 Å². The van der Waals surface area contributed by atoms with Crippen LogP contribution in [0, 0.1) is 11.8 Å². The van der Waals surface area contributed by atoms with E-state index in [2.05, 4.69) is 35.8 Å². The molecule has 1 saturated carbocycles. The number of hydrogen-bond acceptors (Lipinski definition) is 6. The van der Waals surface area contributed by atoms with Crippen LogP contribution in [0.5, 0.6) is 5.75 Å². The van der Waals surface area contributed by atoms with Crippen LogP contribution < -0.4 is 10.6 Å². The van der Waals surface area contributed by atoms with Crippen molar-refractivity contribution in [3.05, 3.63) is 76.1 Å². The van der Waals surface area contributed by atoms with Gasteiger partial charge in [-0.1, -0.05) is 42.3 Å². The van der Waals surface area contributed by atoms with Crippen LogP contribution in [0.1, 0.15) is 50.7 Å². The lowest BCUT2D eigenvalue weighted by atomic mass is 9.96. The number of allylic oxidation sites excluding steroid dienone is 3. The Hall–Kier alpha value is -2.90. The van der Waals surface area contributed by atoms with Gasteiger partial charge in [-0.25, -0.2) is 0 Å². The van der Waals surface area contributed by atoms with Crippen LogP contribution in [-0.2, 0) is 0 Å². The molecule has 0 radical (unpaired) electrons. The van der Waals surface area contributed by atoms with Gasteiger partial charge in [-0.2, -0.15) is 0 Å². The minimum Gasteiger partial charge on any atom is -0.505 e. The molecule has 3 aliphatic rings. The fraction of sp³-hybridized carbons (Fsp3) is 0.375. The molecule has 1 saturated heterocycles. The summed E-state index contributed by atoms with van der Waals surface area (Å²) < 4.78 is 0. The molecule has 1 aliphatic heterocycles. The summed E-state index contributed by atoms with van der Waals surface area (Å²) in [6.45, 7) is 4.20. The highest BCUT2D eigenvalue weighted by Crippen LogP contribution is 2.45. The van der Waals surface area contributed by atoms with E-state index in [1.807, 2.05) is 18.2 Å². The van der Waals surface area contributed by atoms with Crippen molar-refractivity contribution in [2.75, 3.05) is 18.4 Å². The molecule has 3 atom stereocenters. The van der Waals surface area contributed by atoms with Crippen molar-refractivity contribution in [3.63, 3.8) is 0 Å². The SMILES string of the molecule is CC1C=C(Nc2c(C(O)C3CC3)cnc3ccc(-c4cc(Cl)c(O)c(Cl)c4)cc23)/C=C\C(=NC2CCNC2)CC1. The highest BCUT2D eigenvalue weighted by Gasteiger charge is 2.33. The van der Waals surface area contributed by atoms with Crippen LogP contribution in [-0.4, -0.2) is 40.0 Å². The van der Waals surface area contributed by atoms with Gasteiger partial charge in [0.1, 0.15) is 0 Å². The van der Waals surface area contributed by atoms with Crippen molar-refractivity contribution >= 4 is 45.5 Å². The van der Waals surface area contributed by atoms with E-state index < -0.39 is 6.10 Å². The van der Waals surface area contributed by atoms with Gasteiger partial charge in [0.2, 0.25) is 0 Å². The number of halogens is 2. The molecule has 2 aliphatic carbocycles. The molecule has 0 bridgehead atoms. The van der Waals surface area contributed by atoms with E-state index in [9.17, 15) is 10.2 Å². The van der Waals surface area contributed by atoms with Gasteiger partial charge in [-0.05, 0) is 98.0 Å². The molecule has 2 aromatic carbocycles. The minimum atomic E-state index is -0.594. The van der Waals surface area contributed by atoms with E-state index in [4.69, 9.17) is 33.2 Å². The second-order valence-corrected chi connectivity index (χ2v) is 12.1. The molecule has 3 unspecified atom stereocenters. The van der Waals surface area contributed by atoms with Crippen molar-refractivity contribution in [3.8, 4) is 16.9 Å². The predicted molar refractivity (Wildman–Crippen MR) is 165 cm³/mol. The fourth-order valence-electron chi connectivity index (χ4n) is 5.56. The van der Waals surface area contributed by atoms with E-state index >= 15 is 0 Å². The maximum Gasteiger partial charge on any atom is 0.152 e. The Balaban J connectivity index is 1.42. The number of phenolic OH excluding ortho intramolecular Hbond substituents is 1. The third-order valence-electron chi connectivity index (χ3n) is 8.06. The number of anilines is 1.